The van der Waals surface area contributed by atoms with Crippen LogP contribution in [0.4, 0.5) is 15.3 Å². The number of benzene rings is 1. The first-order valence-corrected chi connectivity index (χ1v) is 20.4. The minimum Gasteiger partial charge on any atom is -0.459 e. The van der Waals surface area contributed by atoms with Gasteiger partial charge in [0.15, 0.2) is 0 Å². The van der Waals surface area contributed by atoms with Crippen molar-refractivity contribution in [1.29, 1.82) is 0 Å². The number of imidazole rings is 1. The lowest BCUT2D eigenvalue weighted by molar-refractivity contribution is -0.141. The van der Waals surface area contributed by atoms with E-state index in [9.17, 15) is 32.4 Å². The van der Waals surface area contributed by atoms with E-state index in [0.29, 0.717) is 29.6 Å². The molecule has 2 aromatic rings. The molecular weight excluding hydrogens is 747 g/mol. The number of hydrogen-bond acceptors (Lipinski definition) is 10. The average molecular weight is 802 g/mol. The van der Waals surface area contributed by atoms with Gasteiger partial charge in [0.1, 0.15) is 34.8 Å². The number of carbonyl (C=O) groups is 5. The molecule has 2 aliphatic heterocycles. The maximum absolute atomic E-state index is 14.5. The fourth-order valence-corrected chi connectivity index (χ4v) is 7.63. The lowest BCUT2D eigenvalue weighted by atomic mass is 10.0. The summed E-state index contributed by atoms with van der Waals surface area (Å²) in [5.41, 5.74) is -0.819. The van der Waals surface area contributed by atoms with E-state index < -0.39 is 75.3 Å². The number of nitrogens with zero attached hydrogens (tertiary/aromatic N) is 4. The topological polar surface area (TPSA) is 222 Å². The maximum atomic E-state index is 14.5. The largest absolute Gasteiger partial charge is 0.459 e. The number of hydrogen-bond donors (Lipinski definition) is 5. The zero-order valence-electron chi connectivity index (χ0n) is 33.3. The van der Waals surface area contributed by atoms with Crippen molar-refractivity contribution < 1.29 is 41.9 Å². The van der Waals surface area contributed by atoms with Crippen molar-refractivity contribution in [3.63, 3.8) is 0 Å². The first-order valence-electron chi connectivity index (χ1n) is 19.0. The Balaban J connectivity index is 1.51. The molecule has 6 amide bonds. The van der Waals surface area contributed by atoms with Gasteiger partial charge in [-0.15, -0.1) is 0 Å². The summed E-state index contributed by atoms with van der Waals surface area (Å²) in [6.45, 7) is 8.94. The first-order chi connectivity index (χ1) is 26.3. The van der Waals surface area contributed by atoms with Crippen LogP contribution in [0.5, 0.6) is 6.01 Å². The van der Waals surface area contributed by atoms with Crippen LogP contribution in [0.25, 0.3) is 11.0 Å². The van der Waals surface area contributed by atoms with Gasteiger partial charge in [-0.3, -0.25) is 19.0 Å². The lowest BCUT2D eigenvalue weighted by Crippen LogP contribution is -2.58. The van der Waals surface area contributed by atoms with Crippen LogP contribution in [0.2, 0.25) is 0 Å². The summed E-state index contributed by atoms with van der Waals surface area (Å²) in [5, 5.41) is 10.9. The molecule has 0 spiro atoms. The number of aromatic nitrogens is 2. The monoisotopic (exact) mass is 801 g/mol. The number of nitrogens with one attached hydrogen (secondary N) is 5. The second-order valence-corrected chi connectivity index (χ2v) is 17.9. The van der Waals surface area contributed by atoms with E-state index in [1.54, 1.807) is 32.9 Å². The number of anilines is 1. The highest BCUT2D eigenvalue weighted by Crippen LogP contribution is 2.46. The molecule has 1 saturated carbocycles. The summed E-state index contributed by atoms with van der Waals surface area (Å²) >= 11 is 0. The minimum absolute atomic E-state index is 0.0183. The SMILES string of the molecule is CNC(=O)Nc1cccc2c1nc(O[C@@H]1C[C@H]3C(=O)N[C@]4(C(=O)NS(=O)(=O)N(C)C)C[C@H]4C=CCCCCC[C@H](NC(=O)OC(C)(C)C)C(=O)N3C1)n2C(C)C. The molecule has 1 saturated heterocycles. The van der Waals surface area contributed by atoms with Crippen molar-refractivity contribution in [2.24, 2.45) is 5.92 Å². The quantitative estimate of drug-likeness (QED) is 0.246. The number of rotatable bonds is 8. The molecule has 5 N–H and O–H groups in total. The smallest absolute Gasteiger partial charge is 0.408 e. The highest BCUT2D eigenvalue weighted by molar-refractivity contribution is 7.87. The number of allylic oxidation sites excluding steroid dienone is 1. The molecule has 308 valence electrons. The van der Waals surface area contributed by atoms with Crippen LogP contribution in [0.3, 0.4) is 0 Å². The predicted octanol–water partition coefficient (Wildman–Crippen LogP) is 2.93. The van der Waals surface area contributed by atoms with Crippen LogP contribution in [-0.4, -0.2) is 114 Å². The number of fused-ring (bicyclic) bond motifs is 3. The van der Waals surface area contributed by atoms with Gasteiger partial charge in [0.05, 0.1) is 17.7 Å². The van der Waals surface area contributed by atoms with Crippen LogP contribution >= 0.6 is 0 Å². The van der Waals surface area contributed by atoms with Crippen LogP contribution < -0.4 is 30.7 Å². The molecule has 19 heteroatoms. The van der Waals surface area contributed by atoms with Gasteiger partial charge in [-0.05, 0) is 72.4 Å². The molecule has 1 aromatic heterocycles. The van der Waals surface area contributed by atoms with Crippen LogP contribution in [-0.2, 0) is 29.3 Å². The van der Waals surface area contributed by atoms with Crippen molar-refractivity contribution >= 4 is 56.8 Å². The van der Waals surface area contributed by atoms with Crippen molar-refractivity contribution in [2.45, 2.75) is 115 Å². The van der Waals surface area contributed by atoms with Crippen molar-refractivity contribution in [3.05, 3.63) is 30.4 Å². The highest BCUT2D eigenvalue weighted by atomic mass is 32.2. The number of carbonyl (C=O) groups excluding carboxylic acids is 5. The summed E-state index contributed by atoms with van der Waals surface area (Å²) in [4.78, 5) is 74.0. The van der Waals surface area contributed by atoms with Crippen molar-refractivity contribution in [2.75, 3.05) is 33.0 Å². The summed E-state index contributed by atoms with van der Waals surface area (Å²) in [5.74, 6) is -2.60. The maximum Gasteiger partial charge on any atom is 0.408 e. The van der Waals surface area contributed by atoms with Crippen molar-refractivity contribution in [1.82, 2.24) is 39.4 Å². The molecule has 3 heterocycles. The fourth-order valence-electron chi connectivity index (χ4n) is 7.03. The number of ether oxygens (including phenoxy) is 2. The third-order valence-electron chi connectivity index (χ3n) is 9.99. The van der Waals surface area contributed by atoms with E-state index in [4.69, 9.17) is 14.5 Å². The van der Waals surface area contributed by atoms with Gasteiger partial charge in [-0.1, -0.05) is 31.1 Å². The summed E-state index contributed by atoms with van der Waals surface area (Å²) < 4.78 is 42.3. The number of urea groups is 1. The lowest BCUT2D eigenvalue weighted by Gasteiger charge is -2.30. The second kappa shape index (κ2) is 16.7. The van der Waals surface area contributed by atoms with E-state index in [2.05, 4.69) is 26.0 Å². The molecule has 2 fully saturated rings. The summed E-state index contributed by atoms with van der Waals surface area (Å²) in [7, 11) is -0.130. The highest BCUT2D eigenvalue weighted by Gasteiger charge is 2.62. The molecule has 5 atom stereocenters. The van der Waals surface area contributed by atoms with Crippen LogP contribution in [0, 0.1) is 5.92 Å². The first kappa shape index (κ1) is 42.2. The molecule has 0 radical (unpaired) electrons. The predicted molar refractivity (Wildman–Crippen MR) is 208 cm³/mol. The van der Waals surface area contributed by atoms with Crippen LogP contribution in [0.1, 0.15) is 85.6 Å². The standard InChI is InChI=1S/C37H55N9O9S/c1-22(2)46-27-18-14-17-25(39-33(50)38-6)29(27)41-34(46)54-24-19-28-30(47)42-37(32(49)43-56(52,53)44(7)8)20-23(37)15-12-10-9-11-13-16-26(31(48)45(28)21-24)40-35(51)55-36(3,4)5/h12,14-15,17-18,22-24,26,28H,9-11,13,16,19-21H2,1-8H3,(H,40,51)(H,42,47)(H,43,49)(H2,38,39,50)/t23-,24-,26+,28+,37-/m1/s1. The van der Waals surface area contributed by atoms with Gasteiger partial charge in [0.25, 0.3) is 11.9 Å². The van der Waals surface area contributed by atoms with Gasteiger partial charge < -0.3 is 35.6 Å². The van der Waals surface area contributed by atoms with Gasteiger partial charge in [-0.2, -0.15) is 17.7 Å². The minimum atomic E-state index is -4.19. The fraction of sp³-hybridized carbons (Fsp3) is 0.622. The van der Waals surface area contributed by atoms with Gasteiger partial charge in [0.2, 0.25) is 11.8 Å². The Morgan fingerprint density at radius 2 is 1.84 bits per heavy atom. The Kier molecular flexibility index (Phi) is 12.6. The summed E-state index contributed by atoms with van der Waals surface area (Å²) in [6, 6.07) is 2.72. The molecule has 18 nitrogen and oxygen atoms in total. The molecular formula is C37H55N9O9S. The molecule has 1 aromatic carbocycles. The van der Waals surface area contributed by atoms with E-state index >= 15 is 0 Å². The van der Waals surface area contributed by atoms with E-state index in [1.807, 2.05) is 36.6 Å². The van der Waals surface area contributed by atoms with E-state index in [1.165, 1.54) is 26.0 Å². The Morgan fingerprint density at radius 1 is 1.11 bits per heavy atom. The Labute approximate surface area is 327 Å². The molecule has 56 heavy (non-hydrogen) atoms. The Bertz CT molecular complexity index is 1970. The van der Waals surface area contributed by atoms with E-state index in [-0.39, 0.29) is 37.9 Å². The molecule has 3 aliphatic rings. The molecule has 5 rings (SSSR count). The van der Waals surface area contributed by atoms with Gasteiger partial charge in [-0.25, -0.2) is 14.3 Å². The van der Waals surface area contributed by atoms with E-state index in [0.717, 1.165) is 17.1 Å². The molecule has 1 aliphatic carbocycles. The number of amides is 6. The average Bonchev–Trinajstić information content (AvgIpc) is 3.42. The number of para-hydroxylation sites is 1. The van der Waals surface area contributed by atoms with Gasteiger partial charge >= 0.3 is 22.3 Å². The third-order valence-corrected chi connectivity index (χ3v) is 11.4. The number of alkyl carbamates (subject to hydrolysis) is 1. The van der Waals surface area contributed by atoms with Gasteiger partial charge in [0, 0.05) is 39.5 Å². The Hall–Kier alpha value is -4.91. The summed E-state index contributed by atoms with van der Waals surface area (Å²) in [6.07, 6.45) is 5.32. The Morgan fingerprint density at radius 3 is 2.50 bits per heavy atom. The normalized spacial score (nSPS) is 24.7. The third kappa shape index (κ3) is 9.54. The molecule has 0 unspecified atom stereocenters. The van der Waals surface area contributed by atoms with Crippen molar-refractivity contribution in [3.8, 4) is 6.01 Å². The second-order valence-electron chi connectivity index (χ2n) is 16.0. The van der Waals surface area contributed by atoms with Crippen LogP contribution in [0.15, 0.2) is 30.4 Å². The molecule has 0 bridgehead atoms. The zero-order chi connectivity index (χ0) is 41.2. The zero-order valence-corrected chi connectivity index (χ0v) is 34.1.